The molecule has 122 valence electrons. The van der Waals surface area contributed by atoms with E-state index in [0.29, 0.717) is 23.1 Å². The Morgan fingerprint density at radius 3 is 2.91 bits per heavy atom. The van der Waals surface area contributed by atoms with Crippen LogP contribution in [0.1, 0.15) is 12.0 Å². The van der Waals surface area contributed by atoms with Crippen molar-refractivity contribution in [3.8, 4) is 6.07 Å². The molecule has 2 aliphatic rings. The third-order valence-electron chi connectivity index (χ3n) is 4.21. The first kappa shape index (κ1) is 16.4. The van der Waals surface area contributed by atoms with Crippen molar-refractivity contribution in [2.75, 3.05) is 48.8 Å². The summed E-state index contributed by atoms with van der Waals surface area (Å²) >= 11 is 3.36. The number of carbonyl (C=O) groups is 1. The second-order valence-corrected chi connectivity index (χ2v) is 7.57. The Labute approximate surface area is 144 Å². The van der Waals surface area contributed by atoms with Gasteiger partial charge in [0.15, 0.2) is 11.0 Å². The predicted molar refractivity (Wildman–Crippen MR) is 92.8 cm³/mol. The first-order valence-electron chi connectivity index (χ1n) is 7.65. The summed E-state index contributed by atoms with van der Waals surface area (Å²) in [5.41, 5.74) is 0.477. The Hall–Kier alpha value is -1.46. The fourth-order valence-electron chi connectivity index (χ4n) is 2.97. The van der Waals surface area contributed by atoms with Crippen molar-refractivity contribution in [1.29, 1.82) is 5.26 Å². The lowest BCUT2D eigenvalue weighted by Crippen LogP contribution is -2.42. The molecular weight excluding hydrogens is 330 g/mol. The number of carbonyl (C=O) groups excluding carboxylic acids is 1. The van der Waals surface area contributed by atoms with E-state index in [2.05, 4.69) is 20.9 Å². The average Bonchev–Trinajstić information content (AvgIpc) is 3.11. The van der Waals surface area contributed by atoms with E-state index in [9.17, 15) is 10.1 Å². The van der Waals surface area contributed by atoms with Gasteiger partial charge >= 0.3 is 0 Å². The Morgan fingerprint density at radius 2 is 2.22 bits per heavy atom. The first-order valence-corrected chi connectivity index (χ1v) is 10.0. The quantitative estimate of drug-likeness (QED) is 0.604. The summed E-state index contributed by atoms with van der Waals surface area (Å²) in [6.07, 6.45) is 4.31. The molecule has 2 fully saturated rings. The van der Waals surface area contributed by atoms with E-state index in [-0.39, 0.29) is 11.8 Å². The lowest BCUT2D eigenvalue weighted by molar-refractivity contribution is -0.134. The number of thioether (sulfide) groups is 2. The third-order valence-corrected chi connectivity index (χ3v) is 5.71. The highest BCUT2D eigenvalue weighted by Crippen LogP contribution is 2.27. The van der Waals surface area contributed by atoms with Crippen LogP contribution in [0, 0.1) is 17.2 Å². The van der Waals surface area contributed by atoms with Crippen LogP contribution in [-0.4, -0.2) is 64.7 Å². The minimum atomic E-state index is 0.0114. The first-order chi connectivity index (χ1) is 11.2. The number of hydrogen-bond donors (Lipinski definition) is 0. The lowest BCUT2D eigenvalue weighted by Gasteiger charge is -2.29. The maximum absolute atomic E-state index is 12.6. The van der Waals surface area contributed by atoms with Gasteiger partial charge in [-0.05, 0) is 12.7 Å². The Bertz CT molecular complexity index is 627. The van der Waals surface area contributed by atoms with Crippen molar-refractivity contribution in [2.45, 2.75) is 11.6 Å². The van der Waals surface area contributed by atoms with Crippen LogP contribution in [0.2, 0.25) is 0 Å². The van der Waals surface area contributed by atoms with Gasteiger partial charge in [0.25, 0.3) is 0 Å². The molecular formula is C15H19N5OS2. The molecule has 1 unspecified atom stereocenters. The van der Waals surface area contributed by atoms with Gasteiger partial charge < -0.3 is 9.80 Å². The van der Waals surface area contributed by atoms with E-state index >= 15 is 0 Å². The maximum Gasteiger partial charge on any atom is 0.227 e. The molecule has 0 aliphatic carbocycles. The molecule has 1 aromatic heterocycles. The Balaban J connectivity index is 1.72. The van der Waals surface area contributed by atoms with Crippen molar-refractivity contribution in [1.82, 2.24) is 14.9 Å². The standard InChI is InChI=1S/C15H19N5OS2/c1-22-15-17-9-12(8-16)13(18-15)20-3-2-11(10-20)14(21)19-4-6-23-7-5-19/h9,11H,2-7,10H2,1H3. The molecule has 0 bridgehead atoms. The van der Waals surface area contributed by atoms with Crippen LogP contribution in [0.5, 0.6) is 0 Å². The number of rotatable bonds is 3. The summed E-state index contributed by atoms with van der Waals surface area (Å²) in [5.74, 6) is 2.99. The second kappa shape index (κ2) is 7.41. The van der Waals surface area contributed by atoms with E-state index in [0.717, 1.165) is 37.6 Å². The summed E-state index contributed by atoms with van der Waals surface area (Å²) < 4.78 is 0. The Kier molecular flexibility index (Phi) is 5.28. The summed E-state index contributed by atoms with van der Waals surface area (Å²) in [7, 11) is 0. The van der Waals surface area contributed by atoms with Gasteiger partial charge in [-0.1, -0.05) is 11.8 Å². The SMILES string of the molecule is CSc1ncc(C#N)c(N2CCC(C(=O)N3CCSCC3)C2)n1. The summed E-state index contributed by atoms with van der Waals surface area (Å²) in [6.45, 7) is 3.11. The van der Waals surface area contributed by atoms with Crippen LogP contribution in [0.25, 0.3) is 0 Å². The molecule has 23 heavy (non-hydrogen) atoms. The summed E-state index contributed by atoms with van der Waals surface area (Å²) in [6, 6.07) is 2.16. The van der Waals surface area contributed by atoms with Crippen LogP contribution in [0.15, 0.2) is 11.4 Å². The molecule has 0 aromatic carbocycles. The van der Waals surface area contributed by atoms with Crippen molar-refractivity contribution in [3.63, 3.8) is 0 Å². The van der Waals surface area contributed by atoms with Gasteiger partial charge in [0.05, 0.1) is 12.1 Å². The zero-order chi connectivity index (χ0) is 16.2. The minimum absolute atomic E-state index is 0.0114. The van der Waals surface area contributed by atoms with E-state index in [1.165, 1.54) is 11.8 Å². The van der Waals surface area contributed by atoms with Gasteiger partial charge in [-0.25, -0.2) is 9.97 Å². The van der Waals surface area contributed by atoms with Crippen molar-refractivity contribution in [2.24, 2.45) is 5.92 Å². The van der Waals surface area contributed by atoms with Crippen LogP contribution >= 0.6 is 23.5 Å². The lowest BCUT2D eigenvalue weighted by atomic mass is 10.1. The van der Waals surface area contributed by atoms with Gasteiger partial charge in [0.1, 0.15) is 11.6 Å². The van der Waals surface area contributed by atoms with Crippen LogP contribution in [0.3, 0.4) is 0 Å². The molecule has 0 radical (unpaired) electrons. The normalized spacial score (nSPS) is 21.3. The minimum Gasteiger partial charge on any atom is -0.355 e. The molecule has 3 heterocycles. The summed E-state index contributed by atoms with van der Waals surface area (Å²) in [4.78, 5) is 25.3. The topological polar surface area (TPSA) is 73.1 Å². The zero-order valence-corrected chi connectivity index (χ0v) is 14.7. The third kappa shape index (κ3) is 3.56. The van der Waals surface area contributed by atoms with Gasteiger partial charge in [0.2, 0.25) is 5.91 Å². The summed E-state index contributed by atoms with van der Waals surface area (Å²) in [5, 5.41) is 9.93. The fraction of sp³-hybridized carbons (Fsp3) is 0.600. The molecule has 8 heteroatoms. The molecule has 6 nitrogen and oxygen atoms in total. The van der Waals surface area contributed by atoms with E-state index < -0.39 is 0 Å². The van der Waals surface area contributed by atoms with Crippen LogP contribution in [0.4, 0.5) is 5.82 Å². The number of aromatic nitrogens is 2. The molecule has 3 rings (SSSR count). The zero-order valence-electron chi connectivity index (χ0n) is 13.1. The van der Waals surface area contributed by atoms with Gasteiger partial charge in [0, 0.05) is 37.7 Å². The number of nitriles is 1. The molecule has 1 aromatic rings. The number of nitrogens with zero attached hydrogens (tertiary/aromatic N) is 5. The largest absolute Gasteiger partial charge is 0.355 e. The molecule has 1 atom stereocenters. The van der Waals surface area contributed by atoms with Gasteiger partial charge in [-0.3, -0.25) is 4.79 Å². The van der Waals surface area contributed by atoms with Crippen molar-refractivity contribution in [3.05, 3.63) is 11.8 Å². The average molecular weight is 349 g/mol. The van der Waals surface area contributed by atoms with Crippen molar-refractivity contribution >= 4 is 35.2 Å². The monoisotopic (exact) mass is 349 g/mol. The molecule has 0 N–H and O–H groups in total. The van der Waals surface area contributed by atoms with Crippen LogP contribution < -0.4 is 4.90 Å². The molecule has 0 spiro atoms. The molecule has 2 aliphatic heterocycles. The van der Waals surface area contributed by atoms with E-state index in [1.807, 2.05) is 22.9 Å². The smallest absolute Gasteiger partial charge is 0.227 e. The highest BCUT2D eigenvalue weighted by atomic mass is 32.2. The van der Waals surface area contributed by atoms with Gasteiger partial charge in [-0.2, -0.15) is 17.0 Å². The molecule has 0 saturated carbocycles. The maximum atomic E-state index is 12.6. The highest BCUT2D eigenvalue weighted by molar-refractivity contribution is 7.99. The fourth-order valence-corrected chi connectivity index (χ4v) is 4.21. The second-order valence-electron chi connectivity index (χ2n) is 5.58. The van der Waals surface area contributed by atoms with Gasteiger partial charge in [-0.15, -0.1) is 0 Å². The van der Waals surface area contributed by atoms with Crippen molar-refractivity contribution < 1.29 is 4.79 Å². The number of hydrogen-bond acceptors (Lipinski definition) is 7. The van der Waals surface area contributed by atoms with E-state index in [1.54, 1.807) is 6.20 Å². The number of anilines is 1. The van der Waals surface area contributed by atoms with E-state index in [4.69, 9.17) is 0 Å². The molecule has 2 saturated heterocycles. The molecule has 1 amide bonds. The number of amides is 1. The predicted octanol–water partition coefficient (Wildman–Crippen LogP) is 1.47. The highest BCUT2D eigenvalue weighted by Gasteiger charge is 2.33. The Morgan fingerprint density at radius 1 is 1.43 bits per heavy atom. The van der Waals surface area contributed by atoms with Crippen LogP contribution in [-0.2, 0) is 4.79 Å².